The van der Waals surface area contributed by atoms with Gasteiger partial charge < -0.3 is 34.6 Å². The number of rotatable bonds is 2. The molecule has 34 heavy (non-hydrogen) atoms. The third kappa shape index (κ3) is 2.73. The molecule has 190 valence electrons. The van der Waals surface area contributed by atoms with E-state index in [2.05, 4.69) is 0 Å². The van der Waals surface area contributed by atoms with Crippen LogP contribution in [-0.2, 0) is 19.0 Å². The maximum Gasteiger partial charge on any atom is 0.331 e. The number of cyclic esters (lactones) is 1. The lowest BCUT2D eigenvalue weighted by Gasteiger charge is -2.70. The molecule has 0 aromatic heterocycles. The summed E-state index contributed by atoms with van der Waals surface area (Å²) in [6.45, 7) is 5.66. The fourth-order valence-corrected chi connectivity index (χ4v) is 9.65. The second-order valence-electron chi connectivity index (χ2n) is 12.6. The van der Waals surface area contributed by atoms with E-state index in [4.69, 9.17) is 14.2 Å². The van der Waals surface area contributed by atoms with Crippen molar-refractivity contribution in [1.82, 2.24) is 0 Å². The van der Waals surface area contributed by atoms with Gasteiger partial charge in [0, 0.05) is 30.3 Å². The highest BCUT2D eigenvalue weighted by molar-refractivity contribution is 5.85. The monoisotopic (exact) mass is 478 g/mol. The molecule has 2 aliphatic heterocycles. The largest absolute Gasteiger partial charge is 0.458 e. The molecule has 2 bridgehead atoms. The first-order valence-electron chi connectivity index (χ1n) is 12.9. The van der Waals surface area contributed by atoms with E-state index in [0.717, 1.165) is 5.57 Å². The van der Waals surface area contributed by atoms with Crippen molar-refractivity contribution in [3.63, 3.8) is 0 Å². The van der Waals surface area contributed by atoms with E-state index in [0.29, 0.717) is 44.9 Å². The molecule has 1 saturated heterocycles. The van der Waals surface area contributed by atoms with Gasteiger partial charge in [0.15, 0.2) is 5.79 Å². The zero-order valence-corrected chi connectivity index (χ0v) is 20.3. The SMILES string of the molecule is CC1(C)OC2CC(O1)[C@]1(CO)[C@H]3[C@H](O)C[C@]4(C)[C@@H](C5=CC(=O)OC5)CC[C@@]4(O)[C@@H]3CCC1(O)C2. The van der Waals surface area contributed by atoms with E-state index < -0.39 is 45.9 Å². The third-order valence-electron chi connectivity index (χ3n) is 10.9. The van der Waals surface area contributed by atoms with Gasteiger partial charge in [0.2, 0.25) is 0 Å². The van der Waals surface area contributed by atoms with Gasteiger partial charge in [0.05, 0.1) is 41.5 Å². The van der Waals surface area contributed by atoms with Crippen LogP contribution in [0.4, 0.5) is 0 Å². The highest BCUT2D eigenvalue weighted by Crippen LogP contribution is 2.71. The summed E-state index contributed by atoms with van der Waals surface area (Å²) in [6.07, 6.45) is 3.55. The van der Waals surface area contributed by atoms with E-state index in [1.165, 1.54) is 0 Å². The fourth-order valence-electron chi connectivity index (χ4n) is 9.65. The number of esters is 1. The summed E-state index contributed by atoms with van der Waals surface area (Å²) in [7, 11) is 0. The second-order valence-corrected chi connectivity index (χ2v) is 12.6. The standard InChI is InChI=1S/C26H38O8/c1-22(2)33-15-9-19(34-22)25(13-27)21-17(4-6-24(25,30)10-15)26(31)7-5-16(14-8-20(29)32-12-14)23(26,3)11-18(21)28/h8,15-19,21,27-28,30-31H,4-7,9-13H2,1-3H3/t15?,16-,17-,18-,19?,21-,23-,24?,25-,26-/m1/s1. The van der Waals surface area contributed by atoms with E-state index in [-0.39, 0.29) is 37.1 Å². The molecule has 0 amide bonds. The zero-order valence-electron chi connectivity index (χ0n) is 20.3. The molecule has 6 rings (SSSR count). The quantitative estimate of drug-likeness (QED) is 0.439. The minimum atomic E-state index is -1.25. The molecule has 0 spiro atoms. The van der Waals surface area contributed by atoms with Crippen molar-refractivity contribution in [3.8, 4) is 0 Å². The van der Waals surface area contributed by atoms with Crippen LogP contribution in [0.3, 0.4) is 0 Å². The first kappa shape index (κ1) is 23.4. The lowest BCUT2D eigenvalue weighted by Crippen LogP contribution is -2.77. The Kier molecular flexibility index (Phi) is 4.84. The van der Waals surface area contributed by atoms with Gasteiger partial charge in [-0.05, 0) is 63.4 Å². The van der Waals surface area contributed by atoms with E-state index in [1.54, 1.807) is 6.08 Å². The molecule has 4 N–H and O–H groups in total. The topological polar surface area (TPSA) is 126 Å². The first-order valence-corrected chi connectivity index (χ1v) is 12.9. The molecule has 0 aromatic rings. The Labute approximate surface area is 200 Å². The number of ether oxygens (including phenoxy) is 3. The Morgan fingerprint density at radius 3 is 2.53 bits per heavy atom. The number of hydrogen-bond acceptors (Lipinski definition) is 8. The number of aliphatic hydroxyl groups is 4. The Hall–Kier alpha value is -1.03. The average Bonchev–Trinajstić information content (AvgIpc) is 3.27. The van der Waals surface area contributed by atoms with Crippen molar-refractivity contribution >= 4 is 5.97 Å². The molecule has 6 aliphatic rings. The Morgan fingerprint density at radius 1 is 1.09 bits per heavy atom. The number of carbonyl (C=O) groups excluding carboxylic acids is 1. The van der Waals surface area contributed by atoms with Gasteiger partial charge in [0.1, 0.15) is 6.61 Å². The molecule has 2 heterocycles. The number of fused-ring (bicyclic) bond motifs is 8. The molecular formula is C26H38O8. The molecule has 4 saturated carbocycles. The van der Waals surface area contributed by atoms with Gasteiger partial charge in [-0.3, -0.25) is 0 Å². The second kappa shape index (κ2) is 7.05. The number of carbonyl (C=O) groups is 1. The van der Waals surface area contributed by atoms with Crippen LogP contribution in [0.15, 0.2) is 11.6 Å². The van der Waals surface area contributed by atoms with Crippen molar-refractivity contribution < 1.29 is 39.4 Å². The third-order valence-corrected chi connectivity index (χ3v) is 10.9. The van der Waals surface area contributed by atoms with Crippen molar-refractivity contribution in [2.45, 2.75) is 101 Å². The van der Waals surface area contributed by atoms with Gasteiger partial charge in [0.25, 0.3) is 0 Å². The smallest absolute Gasteiger partial charge is 0.331 e. The summed E-state index contributed by atoms with van der Waals surface area (Å²) >= 11 is 0. The summed E-state index contributed by atoms with van der Waals surface area (Å²) < 4.78 is 17.6. The maximum atomic E-state index is 12.4. The van der Waals surface area contributed by atoms with Gasteiger partial charge in [-0.1, -0.05) is 6.92 Å². The number of hydrogen-bond donors (Lipinski definition) is 4. The molecule has 0 aromatic carbocycles. The number of aliphatic hydroxyl groups excluding tert-OH is 2. The summed E-state index contributed by atoms with van der Waals surface area (Å²) in [6, 6.07) is 0. The Morgan fingerprint density at radius 2 is 1.85 bits per heavy atom. The minimum Gasteiger partial charge on any atom is -0.458 e. The minimum absolute atomic E-state index is 0.0561. The van der Waals surface area contributed by atoms with Crippen LogP contribution in [0, 0.1) is 28.6 Å². The maximum absolute atomic E-state index is 12.4. The van der Waals surface area contributed by atoms with E-state index in [1.807, 2.05) is 20.8 Å². The summed E-state index contributed by atoms with van der Waals surface area (Å²) in [5.74, 6) is -2.07. The van der Waals surface area contributed by atoms with Gasteiger partial charge in [-0.15, -0.1) is 0 Å². The predicted molar refractivity (Wildman–Crippen MR) is 119 cm³/mol. The molecule has 5 fully saturated rings. The normalized spacial score (nSPS) is 55.6. The lowest BCUT2D eigenvalue weighted by molar-refractivity contribution is -0.398. The highest BCUT2D eigenvalue weighted by atomic mass is 16.7. The summed E-state index contributed by atoms with van der Waals surface area (Å²) in [4.78, 5) is 11.8. The van der Waals surface area contributed by atoms with E-state index >= 15 is 0 Å². The van der Waals surface area contributed by atoms with E-state index in [9.17, 15) is 25.2 Å². The average molecular weight is 479 g/mol. The van der Waals surface area contributed by atoms with Crippen molar-refractivity contribution in [1.29, 1.82) is 0 Å². The van der Waals surface area contributed by atoms with Gasteiger partial charge >= 0.3 is 5.97 Å². The van der Waals surface area contributed by atoms with Crippen LogP contribution in [0.25, 0.3) is 0 Å². The Bertz CT molecular complexity index is 932. The van der Waals surface area contributed by atoms with Crippen LogP contribution in [0.2, 0.25) is 0 Å². The van der Waals surface area contributed by atoms with Crippen molar-refractivity contribution in [3.05, 3.63) is 11.6 Å². The molecule has 8 nitrogen and oxygen atoms in total. The van der Waals surface area contributed by atoms with Crippen LogP contribution in [-0.4, -0.2) is 74.9 Å². The zero-order chi connectivity index (χ0) is 24.3. The van der Waals surface area contributed by atoms with Crippen LogP contribution in [0.5, 0.6) is 0 Å². The molecule has 10 atom stereocenters. The predicted octanol–water partition coefficient (Wildman–Crippen LogP) is 1.43. The van der Waals surface area contributed by atoms with Gasteiger partial charge in [-0.25, -0.2) is 4.79 Å². The molecule has 3 unspecified atom stereocenters. The van der Waals surface area contributed by atoms with Crippen molar-refractivity contribution in [2.24, 2.45) is 28.6 Å². The lowest BCUT2D eigenvalue weighted by atomic mass is 9.40. The van der Waals surface area contributed by atoms with Crippen LogP contribution >= 0.6 is 0 Å². The Balaban J connectivity index is 1.43. The molecular weight excluding hydrogens is 440 g/mol. The fraction of sp³-hybridized carbons (Fsp3) is 0.885. The molecule has 4 aliphatic carbocycles. The summed E-state index contributed by atoms with van der Waals surface area (Å²) in [5, 5.41) is 47.2. The first-order chi connectivity index (χ1) is 15.9. The summed E-state index contributed by atoms with van der Waals surface area (Å²) in [5.41, 5.74) is -3.16. The highest BCUT2D eigenvalue weighted by Gasteiger charge is 2.76. The van der Waals surface area contributed by atoms with Crippen molar-refractivity contribution in [2.75, 3.05) is 13.2 Å². The molecule has 8 heteroatoms. The molecule has 0 radical (unpaired) electrons. The van der Waals surface area contributed by atoms with Crippen LogP contribution in [0.1, 0.15) is 65.7 Å². The van der Waals surface area contributed by atoms with Gasteiger partial charge in [-0.2, -0.15) is 0 Å². The van der Waals surface area contributed by atoms with Crippen LogP contribution < -0.4 is 0 Å².